The van der Waals surface area contributed by atoms with Gasteiger partial charge in [-0.25, -0.2) is 0 Å². The normalized spacial score (nSPS) is 19.8. The van der Waals surface area contributed by atoms with Crippen molar-refractivity contribution in [2.75, 3.05) is 27.3 Å². The molecule has 1 unspecified atom stereocenters. The van der Waals surface area contributed by atoms with E-state index in [1.165, 1.54) is 0 Å². The summed E-state index contributed by atoms with van der Waals surface area (Å²) >= 11 is 0. The van der Waals surface area contributed by atoms with Crippen LogP contribution < -0.4 is 5.73 Å². The molecule has 0 aromatic rings. The van der Waals surface area contributed by atoms with Gasteiger partial charge in [-0.2, -0.15) is 0 Å². The number of hydrogen-bond donors (Lipinski definition) is 2. The van der Waals surface area contributed by atoms with E-state index in [0.717, 1.165) is 32.1 Å². The van der Waals surface area contributed by atoms with Crippen LogP contribution in [-0.2, 0) is 9.53 Å². The van der Waals surface area contributed by atoms with Crippen molar-refractivity contribution < 1.29 is 14.6 Å². The highest BCUT2D eigenvalue weighted by molar-refractivity contribution is 5.81. The fourth-order valence-electron chi connectivity index (χ4n) is 2.56. The fraction of sp³-hybridized carbons (Fsp3) is 0.923. The number of nitrogens with two attached hydrogens (primary N) is 1. The van der Waals surface area contributed by atoms with E-state index < -0.39 is 11.6 Å². The van der Waals surface area contributed by atoms with Crippen LogP contribution in [0.1, 0.15) is 38.5 Å². The van der Waals surface area contributed by atoms with E-state index in [4.69, 9.17) is 10.5 Å². The van der Waals surface area contributed by atoms with Crippen molar-refractivity contribution in [3.8, 4) is 0 Å². The Balaban J connectivity index is 2.35. The summed E-state index contributed by atoms with van der Waals surface area (Å²) in [6.07, 6.45) is 5.04. The van der Waals surface area contributed by atoms with Gasteiger partial charge in [0.2, 0.25) is 5.91 Å². The molecule has 1 aliphatic rings. The van der Waals surface area contributed by atoms with Gasteiger partial charge in [0, 0.05) is 27.3 Å². The van der Waals surface area contributed by atoms with Crippen LogP contribution in [0.4, 0.5) is 0 Å². The summed E-state index contributed by atoms with van der Waals surface area (Å²) in [6, 6.07) is -0.491. The number of aliphatic hydroxyl groups is 1. The second-order valence-electron chi connectivity index (χ2n) is 5.37. The van der Waals surface area contributed by atoms with Gasteiger partial charge in [0.05, 0.1) is 11.6 Å². The van der Waals surface area contributed by atoms with E-state index in [1.54, 1.807) is 19.1 Å². The number of likely N-dealkylation sites (N-methyl/N-ethyl adjacent to an activating group) is 1. The molecule has 0 spiro atoms. The zero-order valence-corrected chi connectivity index (χ0v) is 11.5. The van der Waals surface area contributed by atoms with Gasteiger partial charge in [-0.05, 0) is 25.7 Å². The third-order valence-electron chi connectivity index (χ3n) is 3.62. The highest BCUT2D eigenvalue weighted by Crippen LogP contribution is 2.29. The number of rotatable bonds is 7. The van der Waals surface area contributed by atoms with Crippen molar-refractivity contribution in [1.29, 1.82) is 0 Å². The standard InChI is InChI=1S/C13H26N2O3/c1-15(10-13(17)7-3-4-8-13)12(16)11(14)6-5-9-18-2/h11,17H,3-10,14H2,1-2H3. The molecular formula is C13H26N2O3. The Morgan fingerprint density at radius 2 is 2.11 bits per heavy atom. The minimum absolute atomic E-state index is 0.0913. The third-order valence-corrected chi connectivity index (χ3v) is 3.62. The van der Waals surface area contributed by atoms with Gasteiger partial charge in [-0.3, -0.25) is 4.79 Å². The quantitative estimate of drug-likeness (QED) is 0.652. The monoisotopic (exact) mass is 258 g/mol. The lowest BCUT2D eigenvalue weighted by Crippen LogP contribution is -2.48. The molecular weight excluding hydrogens is 232 g/mol. The molecule has 0 bridgehead atoms. The van der Waals surface area contributed by atoms with Crippen LogP contribution in [0.3, 0.4) is 0 Å². The van der Waals surface area contributed by atoms with Gasteiger partial charge in [-0.1, -0.05) is 12.8 Å². The van der Waals surface area contributed by atoms with Gasteiger partial charge >= 0.3 is 0 Å². The average Bonchev–Trinajstić information content (AvgIpc) is 2.74. The molecule has 1 atom stereocenters. The molecule has 1 amide bonds. The molecule has 106 valence electrons. The third kappa shape index (κ3) is 4.55. The predicted octanol–water partition coefficient (Wildman–Crippen LogP) is 0.504. The van der Waals surface area contributed by atoms with Crippen molar-refractivity contribution in [1.82, 2.24) is 4.90 Å². The highest BCUT2D eigenvalue weighted by Gasteiger charge is 2.34. The molecule has 0 saturated heterocycles. The topological polar surface area (TPSA) is 75.8 Å². The SMILES string of the molecule is COCCCC(N)C(=O)N(C)CC1(O)CCCC1. The lowest BCUT2D eigenvalue weighted by Gasteiger charge is -2.30. The zero-order chi connectivity index (χ0) is 13.6. The van der Waals surface area contributed by atoms with Crippen molar-refractivity contribution in [3.05, 3.63) is 0 Å². The zero-order valence-electron chi connectivity index (χ0n) is 11.5. The van der Waals surface area contributed by atoms with Crippen LogP contribution in [0.5, 0.6) is 0 Å². The number of carbonyl (C=O) groups excluding carboxylic acids is 1. The van der Waals surface area contributed by atoms with Crippen LogP contribution in [-0.4, -0.2) is 54.9 Å². The molecule has 1 saturated carbocycles. The molecule has 0 aliphatic heterocycles. The van der Waals surface area contributed by atoms with E-state index in [2.05, 4.69) is 0 Å². The molecule has 0 aromatic heterocycles. The molecule has 1 rings (SSSR count). The number of amides is 1. The van der Waals surface area contributed by atoms with Gasteiger partial charge in [-0.15, -0.1) is 0 Å². The number of methoxy groups -OCH3 is 1. The largest absolute Gasteiger partial charge is 0.388 e. The Kier molecular flexibility index (Phi) is 6.05. The highest BCUT2D eigenvalue weighted by atomic mass is 16.5. The summed E-state index contributed by atoms with van der Waals surface area (Å²) in [5, 5.41) is 10.3. The molecule has 1 aliphatic carbocycles. The molecule has 3 N–H and O–H groups in total. The van der Waals surface area contributed by atoms with Crippen molar-refractivity contribution >= 4 is 5.91 Å². The van der Waals surface area contributed by atoms with Gasteiger partial charge in [0.1, 0.15) is 0 Å². The lowest BCUT2D eigenvalue weighted by molar-refractivity contribution is -0.134. The molecule has 18 heavy (non-hydrogen) atoms. The van der Waals surface area contributed by atoms with E-state index in [9.17, 15) is 9.90 Å². The van der Waals surface area contributed by atoms with E-state index in [-0.39, 0.29) is 5.91 Å². The van der Waals surface area contributed by atoms with Crippen LogP contribution >= 0.6 is 0 Å². The lowest BCUT2D eigenvalue weighted by atomic mass is 10.0. The molecule has 0 heterocycles. The fourth-order valence-corrected chi connectivity index (χ4v) is 2.56. The van der Waals surface area contributed by atoms with Crippen LogP contribution in [0.2, 0.25) is 0 Å². The molecule has 5 nitrogen and oxygen atoms in total. The summed E-state index contributed by atoms with van der Waals surface area (Å²) in [4.78, 5) is 13.6. The van der Waals surface area contributed by atoms with Gasteiger partial charge in [0.15, 0.2) is 0 Å². The number of nitrogens with zero attached hydrogens (tertiary/aromatic N) is 1. The molecule has 0 aromatic carbocycles. The van der Waals surface area contributed by atoms with Crippen LogP contribution in [0.15, 0.2) is 0 Å². The van der Waals surface area contributed by atoms with Crippen LogP contribution in [0, 0.1) is 0 Å². The minimum Gasteiger partial charge on any atom is -0.388 e. The maximum absolute atomic E-state index is 12.0. The molecule has 5 heteroatoms. The Morgan fingerprint density at radius 3 is 2.67 bits per heavy atom. The van der Waals surface area contributed by atoms with Crippen molar-refractivity contribution in [3.63, 3.8) is 0 Å². The second-order valence-corrected chi connectivity index (χ2v) is 5.37. The first kappa shape index (κ1) is 15.4. The molecule has 1 fully saturated rings. The first-order chi connectivity index (χ1) is 8.48. The maximum Gasteiger partial charge on any atom is 0.239 e. The Bertz CT molecular complexity index is 265. The van der Waals surface area contributed by atoms with Crippen LogP contribution in [0.25, 0.3) is 0 Å². The van der Waals surface area contributed by atoms with Crippen molar-refractivity contribution in [2.24, 2.45) is 5.73 Å². The summed E-state index contributed by atoms with van der Waals surface area (Å²) in [5.41, 5.74) is 5.15. The summed E-state index contributed by atoms with van der Waals surface area (Å²) in [5.74, 6) is -0.0913. The van der Waals surface area contributed by atoms with Gasteiger partial charge < -0.3 is 20.5 Å². The number of ether oxygens (including phenoxy) is 1. The Labute approximate surface area is 109 Å². The molecule has 0 radical (unpaired) electrons. The summed E-state index contributed by atoms with van der Waals surface area (Å²) in [6.45, 7) is 1.01. The van der Waals surface area contributed by atoms with E-state index >= 15 is 0 Å². The second kappa shape index (κ2) is 7.07. The summed E-state index contributed by atoms with van der Waals surface area (Å²) in [7, 11) is 3.35. The number of carbonyl (C=O) groups is 1. The minimum atomic E-state index is -0.698. The number of hydrogen-bond acceptors (Lipinski definition) is 4. The Hall–Kier alpha value is -0.650. The van der Waals surface area contributed by atoms with E-state index in [0.29, 0.717) is 19.6 Å². The Morgan fingerprint density at radius 1 is 1.50 bits per heavy atom. The first-order valence-electron chi connectivity index (χ1n) is 6.70. The summed E-state index contributed by atoms with van der Waals surface area (Å²) < 4.78 is 4.94. The maximum atomic E-state index is 12.0. The van der Waals surface area contributed by atoms with Crippen molar-refractivity contribution in [2.45, 2.75) is 50.2 Å². The van der Waals surface area contributed by atoms with Gasteiger partial charge in [0.25, 0.3) is 0 Å². The predicted molar refractivity (Wildman–Crippen MR) is 70.1 cm³/mol. The average molecular weight is 258 g/mol. The first-order valence-corrected chi connectivity index (χ1v) is 6.70. The van der Waals surface area contributed by atoms with E-state index in [1.807, 2.05) is 0 Å². The smallest absolute Gasteiger partial charge is 0.239 e.